The minimum absolute atomic E-state index is 0.00537. The maximum Gasteiger partial charge on any atom is 0.128 e. The molecule has 0 spiro atoms. The van der Waals surface area contributed by atoms with Crippen LogP contribution in [0, 0.1) is 12.7 Å². The maximum atomic E-state index is 14.1. The molecule has 0 aliphatic carbocycles. The number of halogens is 2. The molecule has 2 rings (SSSR count). The largest absolute Gasteiger partial charge is 0.310 e. The lowest BCUT2D eigenvalue weighted by Crippen LogP contribution is -2.24. The molecular weight excluding hydrogens is 317 g/mol. The quantitative estimate of drug-likeness (QED) is 0.828. The van der Waals surface area contributed by atoms with E-state index in [0.29, 0.717) is 0 Å². The molecule has 0 aliphatic rings. The van der Waals surface area contributed by atoms with Crippen LogP contribution in [0.25, 0.3) is 0 Å². The van der Waals surface area contributed by atoms with E-state index in [1.165, 1.54) is 5.56 Å². The molecule has 3 heteroatoms. The summed E-state index contributed by atoms with van der Waals surface area (Å²) >= 11 is 3.48. The second kappa shape index (κ2) is 7.00. The Bertz CT molecular complexity index is 583. The van der Waals surface area contributed by atoms with Gasteiger partial charge in [-0.1, -0.05) is 52.7 Å². The monoisotopic (exact) mass is 335 g/mol. The van der Waals surface area contributed by atoms with Gasteiger partial charge < -0.3 is 5.32 Å². The fourth-order valence-electron chi connectivity index (χ4n) is 2.37. The Labute approximate surface area is 128 Å². The van der Waals surface area contributed by atoms with Crippen LogP contribution in [0.5, 0.6) is 0 Å². The Kier molecular flexibility index (Phi) is 5.32. The molecule has 0 saturated carbocycles. The van der Waals surface area contributed by atoms with E-state index in [4.69, 9.17) is 0 Å². The van der Waals surface area contributed by atoms with E-state index in [0.717, 1.165) is 28.6 Å². The van der Waals surface area contributed by atoms with E-state index in [1.807, 2.05) is 32.0 Å². The smallest absolute Gasteiger partial charge is 0.128 e. The normalized spacial score (nSPS) is 12.4. The van der Waals surface area contributed by atoms with Crippen molar-refractivity contribution in [3.05, 3.63) is 69.4 Å². The van der Waals surface area contributed by atoms with Crippen LogP contribution in [0.1, 0.15) is 29.7 Å². The van der Waals surface area contributed by atoms with Gasteiger partial charge in [0.1, 0.15) is 5.82 Å². The van der Waals surface area contributed by atoms with E-state index in [9.17, 15) is 4.39 Å². The molecule has 0 radical (unpaired) electrons. The van der Waals surface area contributed by atoms with Crippen LogP contribution < -0.4 is 5.32 Å². The first-order valence-corrected chi connectivity index (χ1v) is 7.63. The number of rotatable bonds is 5. The average molecular weight is 336 g/mol. The highest BCUT2D eigenvalue weighted by atomic mass is 79.9. The molecule has 1 unspecified atom stereocenters. The van der Waals surface area contributed by atoms with Gasteiger partial charge in [-0.25, -0.2) is 4.39 Å². The van der Waals surface area contributed by atoms with Crippen molar-refractivity contribution < 1.29 is 4.39 Å². The third-order valence-electron chi connectivity index (χ3n) is 3.31. The second-order valence-electron chi connectivity index (χ2n) is 4.97. The van der Waals surface area contributed by atoms with Crippen molar-refractivity contribution in [2.75, 3.05) is 6.54 Å². The summed E-state index contributed by atoms with van der Waals surface area (Å²) in [6.45, 7) is 4.85. The van der Waals surface area contributed by atoms with Gasteiger partial charge in [-0.05, 0) is 43.7 Å². The van der Waals surface area contributed by atoms with Crippen LogP contribution in [0.2, 0.25) is 0 Å². The van der Waals surface area contributed by atoms with E-state index in [1.54, 1.807) is 12.1 Å². The van der Waals surface area contributed by atoms with Gasteiger partial charge in [-0.2, -0.15) is 0 Å². The van der Waals surface area contributed by atoms with Crippen molar-refractivity contribution in [2.45, 2.75) is 26.3 Å². The first kappa shape index (κ1) is 15.2. The van der Waals surface area contributed by atoms with Crippen molar-refractivity contribution in [3.63, 3.8) is 0 Å². The lowest BCUT2D eigenvalue weighted by molar-refractivity contribution is 0.509. The Morgan fingerprint density at radius 3 is 2.70 bits per heavy atom. The summed E-state index contributed by atoms with van der Waals surface area (Å²) in [4.78, 5) is 0. The number of likely N-dealkylation sites (N-methyl/N-ethyl adjacent to an activating group) is 1. The molecule has 0 aliphatic heterocycles. The van der Waals surface area contributed by atoms with Gasteiger partial charge in [-0.15, -0.1) is 0 Å². The molecule has 0 fully saturated rings. The van der Waals surface area contributed by atoms with Gasteiger partial charge >= 0.3 is 0 Å². The molecule has 1 atom stereocenters. The average Bonchev–Trinajstić information content (AvgIpc) is 2.41. The van der Waals surface area contributed by atoms with Crippen LogP contribution in [-0.2, 0) is 6.42 Å². The fourth-order valence-corrected chi connectivity index (χ4v) is 2.81. The van der Waals surface area contributed by atoms with E-state index < -0.39 is 0 Å². The summed E-state index contributed by atoms with van der Waals surface area (Å²) in [6.07, 6.45) is 0.771. The molecule has 106 valence electrons. The summed E-state index contributed by atoms with van der Waals surface area (Å²) in [6, 6.07) is 13.4. The minimum Gasteiger partial charge on any atom is -0.310 e. The highest BCUT2D eigenvalue weighted by Crippen LogP contribution is 2.23. The van der Waals surface area contributed by atoms with Crippen molar-refractivity contribution in [1.82, 2.24) is 5.32 Å². The summed E-state index contributed by atoms with van der Waals surface area (Å²) < 4.78 is 15.1. The topological polar surface area (TPSA) is 12.0 Å². The first-order valence-electron chi connectivity index (χ1n) is 6.84. The van der Waals surface area contributed by atoms with E-state index >= 15 is 0 Å². The zero-order valence-electron chi connectivity index (χ0n) is 11.8. The lowest BCUT2D eigenvalue weighted by Gasteiger charge is -2.20. The van der Waals surface area contributed by atoms with Crippen LogP contribution in [-0.4, -0.2) is 6.54 Å². The fraction of sp³-hybridized carbons (Fsp3) is 0.294. The molecular formula is C17H19BrFN. The Balaban J connectivity index is 2.29. The highest BCUT2D eigenvalue weighted by molar-refractivity contribution is 9.10. The molecule has 0 saturated heterocycles. The molecule has 1 N–H and O–H groups in total. The van der Waals surface area contributed by atoms with Crippen molar-refractivity contribution >= 4 is 15.9 Å². The standard InChI is InChI=1S/C17H19BrFN/c1-3-20-17(11-13-5-4-6-14(18)10-13)15-9-12(2)7-8-16(15)19/h4-10,17,20H,3,11H2,1-2H3. The highest BCUT2D eigenvalue weighted by Gasteiger charge is 2.15. The minimum atomic E-state index is -0.142. The lowest BCUT2D eigenvalue weighted by atomic mass is 9.97. The molecule has 20 heavy (non-hydrogen) atoms. The van der Waals surface area contributed by atoms with Crippen molar-refractivity contribution in [2.24, 2.45) is 0 Å². The van der Waals surface area contributed by atoms with Gasteiger partial charge in [0.15, 0.2) is 0 Å². The van der Waals surface area contributed by atoms with Crippen molar-refractivity contribution in [3.8, 4) is 0 Å². The summed E-state index contributed by atoms with van der Waals surface area (Å²) in [5.74, 6) is -0.142. The molecule has 0 heterocycles. The SMILES string of the molecule is CCNC(Cc1cccc(Br)c1)c1cc(C)ccc1F. The zero-order chi connectivity index (χ0) is 14.5. The van der Waals surface area contributed by atoms with Crippen LogP contribution in [0.3, 0.4) is 0 Å². The molecule has 1 nitrogen and oxygen atoms in total. The second-order valence-corrected chi connectivity index (χ2v) is 5.88. The van der Waals surface area contributed by atoms with Gasteiger partial charge in [0, 0.05) is 16.1 Å². The maximum absolute atomic E-state index is 14.1. The van der Waals surface area contributed by atoms with Gasteiger partial charge in [0.2, 0.25) is 0 Å². The van der Waals surface area contributed by atoms with Crippen LogP contribution in [0.15, 0.2) is 46.9 Å². The number of hydrogen-bond donors (Lipinski definition) is 1. The molecule has 0 bridgehead atoms. The Hall–Kier alpha value is -1.19. The van der Waals surface area contributed by atoms with E-state index in [2.05, 4.69) is 33.4 Å². The third-order valence-corrected chi connectivity index (χ3v) is 3.80. The van der Waals surface area contributed by atoms with E-state index in [-0.39, 0.29) is 11.9 Å². The predicted molar refractivity (Wildman–Crippen MR) is 85.4 cm³/mol. The molecule has 2 aromatic rings. The molecule has 0 amide bonds. The number of hydrogen-bond acceptors (Lipinski definition) is 1. The number of nitrogens with one attached hydrogen (secondary N) is 1. The van der Waals surface area contributed by atoms with Gasteiger partial charge in [-0.3, -0.25) is 0 Å². The summed E-state index contributed by atoms with van der Waals surface area (Å²) in [5, 5.41) is 3.38. The van der Waals surface area contributed by atoms with Crippen LogP contribution in [0.4, 0.5) is 4.39 Å². The van der Waals surface area contributed by atoms with Crippen molar-refractivity contribution in [1.29, 1.82) is 0 Å². The Morgan fingerprint density at radius 2 is 2.00 bits per heavy atom. The Morgan fingerprint density at radius 1 is 1.20 bits per heavy atom. The molecule has 2 aromatic carbocycles. The number of benzene rings is 2. The van der Waals surface area contributed by atoms with Crippen LogP contribution >= 0.6 is 15.9 Å². The first-order chi connectivity index (χ1) is 9.60. The number of aryl methyl sites for hydroxylation is 1. The predicted octanol–water partition coefficient (Wildman–Crippen LogP) is 4.79. The summed E-state index contributed by atoms with van der Waals surface area (Å²) in [5.41, 5.74) is 3.01. The third kappa shape index (κ3) is 3.90. The van der Waals surface area contributed by atoms with Gasteiger partial charge in [0.25, 0.3) is 0 Å². The van der Waals surface area contributed by atoms with Gasteiger partial charge in [0.05, 0.1) is 0 Å². The molecule has 0 aromatic heterocycles. The summed E-state index contributed by atoms with van der Waals surface area (Å²) in [7, 11) is 0. The zero-order valence-corrected chi connectivity index (χ0v) is 13.4.